The Kier molecular flexibility index (Phi) is 2.93. The summed E-state index contributed by atoms with van der Waals surface area (Å²) in [6, 6.07) is 6.13. The Morgan fingerprint density at radius 2 is 1.90 bits per heavy atom. The highest BCUT2D eigenvalue weighted by Crippen LogP contribution is 2.64. The first-order valence-corrected chi connectivity index (χ1v) is 8.83. The van der Waals surface area contributed by atoms with E-state index in [0.29, 0.717) is 11.2 Å². The summed E-state index contributed by atoms with van der Waals surface area (Å²) in [6.45, 7) is 7.58. The number of phenolic OH excluding ortho intramolecular Hbond substituents is 1. The van der Waals surface area contributed by atoms with Crippen molar-refractivity contribution in [3.8, 4) is 5.75 Å². The number of hydrogen-bond acceptors (Lipinski definition) is 1. The Labute approximate surface area is 128 Å². The average Bonchev–Trinajstić information content (AvgIpc) is 2.77. The normalized spacial score (nSPS) is 44.8. The molecule has 0 aliphatic heterocycles. The monoisotopic (exact) mass is 284 g/mol. The van der Waals surface area contributed by atoms with Crippen LogP contribution in [0.4, 0.5) is 0 Å². The van der Waals surface area contributed by atoms with Crippen LogP contribution in [0.25, 0.3) is 0 Å². The topological polar surface area (TPSA) is 20.2 Å². The lowest BCUT2D eigenvalue weighted by atomic mass is 9.50. The minimum atomic E-state index is 0.440. The van der Waals surface area contributed by atoms with E-state index >= 15 is 0 Å². The lowest BCUT2D eigenvalue weighted by Crippen LogP contribution is -2.46. The van der Waals surface area contributed by atoms with Crippen LogP contribution in [0.5, 0.6) is 5.75 Å². The maximum atomic E-state index is 9.76. The number of aryl methyl sites for hydroxylation is 1. The second-order valence-corrected chi connectivity index (χ2v) is 8.28. The lowest BCUT2D eigenvalue weighted by Gasteiger charge is -2.54. The number of phenols is 1. The molecule has 0 spiro atoms. The van der Waals surface area contributed by atoms with Crippen LogP contribution >= 0.6 is 0 Å². The number of hydrogen-bond donors (Lipinski definition) is 1. The predicted octanol–water partition coefficient (Wildman–Crippen LogP) is 5.13. The minimum Gasteiger partial charge on any atom is -0.508 e. The first-order chi connectivity index (χ1) is 10.0. The predicted molar refractivity (Wildman–Crippen MR) is 86.4 cm³/mol. The second kappa shape index (κ2) is 4.51. The molecule has 1 aromatic rings. The van der Waals surface area contributed by atoms with Gasteiger partial charge in [0.1, 0.15) is 5.75 Å². The zero-order valence-electron chi connectivity index (χ0n) is 13.6. The fourth-order valence-electron chi connectivity index (χ4n) is 6.29. The summed E-state index contributed by atoms with van der Waals surface area (Å²) >= 11 is 0. The molecular formula is C20H28O. The number of fused-ring (bicyclic) bond motifs is 5. The molecule has 1 nitrogen and oxygen atoms in total. The zero-order valence-corrected chi connectivity index (χ0v) is 13.6. The molecular weight excluding hydrogens is 256 g/mol. The van der Waals surface area contributed by atoms with E-state index in [1.807, 2.05) is 12.1 Å². The molecule has 114 valence electrons. The van der Waals surface area contributed by atoms with Crippen LogP contribution < -0.4 is 0 Å². The van der Waals surface area contributed by atoms with E-state index in [0.717, 1.165) is 29.6 Å². The Hall–Kier alpha value is -0.980. The quantitative estimate of drug-likeness (QED) is 0.700. The summed E-state index contributed by atoms with van der Waals surface area (Å²) in [5.74, 6) is 4.69. The van der Waals surface area contributed by atoms with Gasteiger partial charge in [0.2, 0.25) is 0 Å². The molecule has 6 atom stereocenters. The van der Waals surface area contributed by atoms with Gasteiger partial charge in [-0.25, -0.2) is 0 Å². The van der Waals surface area contributed by atoms with Crippen molar-refractivity contribution in [1.29, 1.82) is 0 Å². The molecule has 1 aromatic carbocycles. The van der Waals surface area contributed by atoms with Crippen molar-refractivity contribution in [1.82, 2.24) is 0 Å². The van der Waals surface area contributed by atoms with Gasteiger partial charge in [-0.2, -0.15) is 0 Å². The molecule has 0 bridgehead atoms. The van der Waals surface area contributed by atoms with Gasteiger partial charge in [-0.05, 0) is 90.4 Å². The Balaban J connectivity index is 1.75. The fourth-order valence-corrected chi connectivity index (χ4v) is 6.29. The third-order valence-electron chi connectivity index (χ3n) is 7.75. The molecule has 4 rings (SSSR count). The van der Waals surface area contributed by atoms with Gasteiger partial charge in [-0.3, -0.25) is 0 Å². The van der Waals surface area contributed by atoms with Crippen molar-refractivity contribution in [2.75, 3.05) is 0 Å². The molecule has 1 heteroatoms. The summed E-state index contributed by atoms with van der Waals surface area (Å²) in [7, 11) is 0. The Morgan fingerprint density at radius 3 is 2.71 bits per heavy atom. The van der Waals surface area contributed by atoms with Gasteiger partial charge in [0.15, 0.2) is 0 Å². The van der Waals surface area contributed by atoms with Gasteiger partial charge >= 0.3 is 0 Å². The van der Waals surface area contributed by atoms with Crippen LogP contribution in [-0.2, 0) is 6.42 Å². The van der Waals surface area contributed by atoms with E-state index in [-0.39, 0.29) is 0 Å². The first-order valence-electron chi connectivity index (χ1n) is 8.83. The van der Waals surface area contributed by atoms with E-state index < -0.39 is 0 Å². The molecule has 2 saturated carbocycles. The van der Waals surface area contributed by atoms with Gasteiger partial charge in [-0.1, -0.05) is 26.8 Å². The molecule has 1 N–H and O–H groups in total. The van der Waals surface area contributed by atoms with Crippen molar-refractivity contribution < 1.29 is 5.11 Å². The van der Waals surface area contributed by atoms with Crippen LogP contribution in [0.15, 0.2) is 18.2 Å². The van der Waals surface area contributed by atoms with Gasteiger partial charge in [-0.15, -0.1) is 0 Å². The summed E-state index contributed by atoms with van der Waals surface area (Å²) in [5.41, 5.74) is 3.53. The van der Waals surface area contributed by atoms with Gasteiger partial charge in [0.05, 0.1) is 0 Å². The summed E-state index contributed by atoms with van der Waals surface area (Å²) in [5, 5.41) is 9.76. The van der Waals surface area contributed by atoms with Crippen LogP contribution in [0.1, 0.15) is 63.5 Å². The van der Waals surface area contributed by atoms with Gasteiger partial charge < -0.3 is 5.11 Å². The number of aromatic hydroxyl groups is 1. The van der Waals surface area contributed by atoms with E-state index in [2.05, 4.69) is 26.8 Å². The van der Waals surface area contributed by atoms with Crippen molar-refractivity contribution >= 4 is 0 Å². The Morgan fingerprint density at radius 1 is 1.10 bits per heavy atom. The van der Waals surface area contributed by atoms with Crippen molar-refractivity contribution in [2.45, 2.75) is 58.8 Å². The molecule has 0 heterocycles. The largest absolute Gasteiger partial charge is 0.508 e. The maximum Gasteiger partial charge on any atom is 0.115 e. The zero-order chi connectivity index (χ0) is 14.8. The van der Waals surface area contributed by atoms with Crippen LogP contribution in [0.3, 0.4) is 0 Å². The third-order valence-corrected chi connectivity index (χ3v) is 7.75. The van der Waals surface area contributed by atoms with E-state index in [1.165, 1.54) is 37.7 Å². The highest BCUT2D eigenvalue weighted by molar-refractivity contribution is 5.40. The molecule has 21 heavy (non-hydrogen) atoms. The smallest absolute Gasteiger partial charge is 0.115 e. The molecule has 5 unspecified atom stereocenters. The number of rotatable bonds is 0. The fraction of sp³-hybridized carbons (Fsp3) is 0.700. The van der Waals surface area contributed by atoms with Crippen LogP contribution in [0, 0.1) is 29.1 Å². The first kappa shape index (κ1) is 13.7. The highest BCUT2D eigenvalue weighted by Gasteiger charge is 2.56. The summed E-state index contributed by atoms with van der Waals surface area (Å²) in [4.78, 5) is 0. The number of benzene rings is 1. The van der Waals surface area contributed by atoms with Crippen LogP contribution in [0.2, 0.25) is 0 Å². The van der Waals surface area contributed by atoms with E-state index in [9.17, 15) is 5.11 Å². The van der Waals surface area contributed by atoms with E-state index in [1.54, 1.807) is 5.56 Å². The summed E-state index contributed by atoms with van der Waals surface area (Å²) < 4.78 is 0. The van der Waals surface area contributed by atoms with Gasteiger partial charge in [0, 0.05) is 0 Å². The molecule has 0 aromatic heterocycles. The maximum absolute atomic E-state index is 9.76. The SMILES string of the molecule is CC1CCC2C3CCc4cc(O)ccc4C3C[C@H](C)C12C. The average molecular weight is 284 g/mol. The van der Waals surface area contributed by atoms with Crippen molar-refractivity contribution in [3.63, 3.8) is 0 Å². The Bertz CT molecular complexity index is 563. The van der Waals surface area contributed by atoms with Crippen molar-refractivity contribution in [3.05, 3.63) is 29.3 Å². The summed E-state index contributed by atoms with van der Waals surface area (Å²) in [6.07, 6.45) is 6.72. The molecule has 2 fully saturated rings. The molecule has 0 radical (unpaired) electrons. The highest BCUT2D eigenvalue weighted by atomic mass is 16.3. The molecule has 3 aliphatic rings. The molecule has 3 aliphatic carbocycles. The standard InChI is InChI=1S/C20H28O/c1-12-4-9-19-17-7-5-14-11-15(21)6-8-16(14)18(17)10-13(2)20(12,19)3/h6,8,11-13,17-19,21H,4-5,7,9-10H2,1-3H3/t12?,13-,17?,18?,19?,20?/m0/s1. The van der Waals surface area contributed by atoms with Crippen LogP contribution in [-0.4, -0.2) is 5.11 Å². The van der Waals surface area contributed by atoms with Gasteiger partial charge in [0.25, 0.3) is 0 Å². The minimum absolute atomic E-state index is 0.440. The van der Waals surface area contributed by atoms with Crippen molar-refractivity contribution in [2.24, 2.45) is 29.1 Å². The van der Waals surface area contributed by atoms with E-state index in [4.69, 9.17) is 0 Å². The second-order valence-electron chi connectivity index (χ2n) is 8.28. The third kappa shape index (κ3) is 1.76. The molecule has 0 saturated heterocycles. The molecule has 0 amide bonds. The lowest BCUT2D eigenvalue weighted by molar-refractivity contribution is -0.0174.